The second kappa shape index (κ2) is 8.84. The lowest BCUT2D eigenvalue weighted by Gasteiger charge is -2.25. The summed E-state index contributed by atoms with van der Waals surface area (Å²) in [6, 6.07) is 22.8. The van der Waals surface area contributed by atoms with E-state index < -0.39 is 35.9 Å². The van der Waals surface area contributed by atoms with Gasteiger partial charge in [0.25, 0.3) is 0 Å². The Balaban J connectivity index is 1.79. The minimum absolute atomic E-state index is 0.0689. The van der Waals surface area contributed by atoms with Crippen LogP contribution in [0.2, 0.25) is 0 Å². The minimum Gasteiger partial charge on any atom is -0.309 e. The molecule has 0 aliphatic carbocycles. The normalized spacial score (nSPS) is 14.3. The smallest absolute Gasteiger partial charge is 0.309 e. The summed E-state index contributed by atoms with van der Waals surface area (Å²) in [6.07, 6.45) is -10.2. The Morgan fingerprint density at radius 3 is 1.57 bits per heavy atom. The van der Waals surface area contributed by atoms with Crippen molar-refractivity contribution in [3.8, 4) is 0 Å². The predicted molar refractivity (Wildman–Crippen MR) is 149 cm³/mol. The Morgan fingerprint density at radius 1 is 0.550 bits per heavy atom. The molecule has 0 amide bonds. The van der Waals surface area contributed by atoms with E-state index in [1.807, 2.05) is 42.5 Å². The van der Waals surface area contributed by atoms with E-state index in [1.165, 1.54) is 0 Å². The highest BCUT2D eigenvalue weighted by molar-refractivity contribution is 7.85. The molecule has 202 valence electrons. The van der Waals surface area contributed by atoms with Crippen LogP contribution in [0.4, 0.5) is 26.3 Å². The molecular weight excluding hydrogens is 545 g/mol. The van der Waals surface area contributed by atoms with Crippen LogP contribution in [0.15, 0.2) is 91.0 Å². The van der Waals surface area contributed by atoms with Gasteiger partial charge in [0.05, 0.1) is 11.1 Å². The molecule has 1 unspecified atom stereocenters. The average Bonchev–Trinajstić information content (AvgIpc) is 2.89. The Hall–Kier alpha value is -3.83. The molecule has 0 aliphatic heterocycles. The Bertz CT molecular complexity index is 1920. The second-order valence-corrected chi connectivity index (χ2v) is 12.9. The van der Waals surface area contributed by atoms with Crippen LogP contribution in [0, 0.1) is 13.8 Å². The van der Waals surface area contributed by atoms with E-state index in [1.54, 1.807) is 44.2 Å². The van der Waals surface area contributed by atoms with Gasteiger partial charge in [-0.1, -0.05) is 65.7 Å². The lowest BCUT2D eigenvalue weighted by Crippen LogP contribution is -2.28. The van der Waals surface area contributed by atoms with Crippen molar-refractivity contribution in [2.45, 2.75) is 26.2 Å². The van der Waals surface area contributed by atoms with Crippen molar-refractivity contribution in [3.05, 3.63) is 113 Å². The van der Waals surface area contributed by atoms with Crippen LogP contribution >= 0.6 is 7.14 Å². The molecule has 1 atom stereocenters. The van der Waals surface area contributed by atoms with Gasteiger partial charge in [0.15, 0.2) is 7.14 Å². The van der Waals surface area contributed by atoms with Crippen molar-refractivity contribution in [1.29, 1.82) is 0 Å². The van der Waals surface area contributed by atoms with E-state index in [4.69, 9.17) is 0 Å². The van der Waals surface area contributed by atoms with Crippen LogP contribution in [0.5, 0.6) is 0 Å². The van der Waals surface area contributed by atoms with Crippen LogP contribution in [0.25, 0.3) is 32.3 Å². The minimum atomic E-state index is -5.08. The van der Waals surface area contributed by atoms with Crippen LogP contribution in [0.1, 0.15) is 22.3 Å². The number of aryl methyl sites for hydroxylation is 2. The van der Waals surface area contributed by atoms with E-state index in [0.29, 0.717) is 28.6 Å². The fraction of sp³-hybridized carbons (Fsp3) is 0.125. The first-order valence-electron chi connectivity index (χ1n) is 12.4. The predicted octanol–water partition coefficient (Wildman–Crippen LogP) is 8.88. The molecule has 0 N–H and O–H groups in total. The zero-order chi connectivity index (χ0) is 28.6. The zero-order valence-corrected chi connectivity index (χ0v) is 22.2. The SMILES string of the molecule is Cc1cc(C)cc(P(=O)(c2cc(C(F)(F)F)cc(C(F)(F)F)c2)c2ccc3ccc4cccc5ccc2c3c45)c1. The first-order valence-corrected chi connectivity index (χ1v) is 14.1. The highest BCUT2D eigenvalue weighted by atomic mass is 31.2. The quantitative estimate of drug-likeness (QED) is 0.119. The third-order valence-electron chi connectivity index (χ3n) is 7.35. The molecule has 0 spiro atoms. The number of alkyl halides is 6. The van der Waals surface area contributed by atoms with Gasteiger partial charge in [-0.3, -0.25) is 0 Å². The van der Waals surface area contributed by atoms with E-state index in [2.05, 4.69) is 0 Å². The lowest BCUT2D eigenvalue weighted by molar-refractivity contribution is -0.142. The molecule has 0 saturated carbocycles. The fourth-order valence-corrected chi connectivity index (χ4v) is 8.75. The number of hydrogen-bond acceptors (Lipinski definition) is 1. The van der Waals surface area contributed by atoms with Gasteiger partial charge in [-0.2, -0.15) is 26.3 Å². The maximum absolute atomic E-state index is 15.5. The van der Waals surface area contributed by atoms with Crippen LogP contribution in [-0.4, -0.2) is 0 Å². The highest BCUT2D eigenvalue weighted by Crippen LogP contribution is 2.48. The van der Waals surface area contributed by atoms with Crippen molar-refractivity contribution >= 4 is 55.4 Å². The Kier molecular flexibility index (Phi) is 5.83. The van der Waals surface area contributed by atoms with Crippen LogP contribution in [0.3, 0.4) is 0 Å². The average molecular weight is 566 g/mol. The largest absolute Gasteiger partial charge is 0.416 e. The Morgan fingerprint density at radius 2 is 1.02 bits per heavy atom. The van der Waals surface area contributed by atoms with Gasteiger partial charge < -0.3 is 4.57 Å². The molecule has 0 fully saturated rings. The third-order valence-corrected chi connectivity index (χ3v) is 10.4. The maximum atomic E-state index is 15.5. The van der Waals surface area contributed by atoms with Crippen LogP contribution < -0.4 is 15.9 Å². The molecule has 8 heteroatoms. The monoisotopic (exact) mass is 566 g/mol. The molecule has 0 aromatic heterocycles. The fourth-order valence-electron chi connectivity index (χ4n) is 5.67. The number of halogens is 6. The molecule has 0 bridgehead atoms. The molecule has 0 saturated heterocycles. The molecule has 6 aromatic rings. The maximum Gasteiger partial charge on any atom is 0.416 e. The summed E-state index contributed by atoms with van der Waals surface area (Å²) >= 11 is 0. The van der Waals surface area contributed by atoms with E-state index in [-0.39, 0.29) is 16.7 Å². The summed E-state index contributed by atoms with van der Waals surface area (Å²) < 4.78 is 99.0. The number of hydrogen-bond donors (Lipinski definition) is 0. The Labute approximate surface area is 225 Å². The van der Waals surface area contributed by atoms with Gasteiger partial charge in [0, 0.05) is 15.9 Å². The van der Waals surface area contributed by atoms with Crippen molar-refractivity contribution in [2.75, 3.05) is 0 Å². The summed E-state index contributed by atoms with van der Waals surface area (Å²) in [6.45, 7) is 3.50. The third kappa shape index (κ3) is 4.15. The van der Waals surface area contributed by atoms with Crippen molar-refractivity contribution in [1.82, 2.24) is 0 Å². The van der Waals surface area contributed by atoms with Crippen molar-refractivity contribution in [3.63, 3.8) is 0 Å². The van der Waals surface area contributed by atoms with Gasteiger partial charge in [0.1, 0.15) is 0 Å². The molecule has 0 heterocycles. The molecular formula is C32H21F6OP. The zero-order valence-electron chi connectivity index (χ0n) is 21.3. The second-order valence-electron chi connectivity index (χ2n) is 10.2. The van der Waals surface area contributed by atoms with E-state index in [0.717, 1.165) is 26.9 Å². The summed E-state index contributed by atoms with van der Waals surface area (Å²) in [5.74, 6) is 0. The topological polar surface area (TPSA) is 17.1 Å². The summed E-state index contributed by atoms with van der Waals surface area (Å²) in [5, 5.41) is 4.70. The van der Waals surface area contributed by atoms with E-state index in [9.17, 15) is 26.3 Å². The molecule has 0 radical (unpaired) electrons. The summed E-state index contributed by atoms with van der Waals surface area (Å²) in [7, 11) is -4.28. The van der Waals surface area contributed by atoms with Gasteiger partial charge >= 0.3 is 12.4 Å². The summed E-state index contributed by atoms with van der Waals surface area (Å²) in [5.41, 5.74) is -1.62. The number of benzene rings is 6. The number of rotatable bonds is 3. The first-order chi connectivity index (χ1) is 18.8. The lowest BCUT2D eigenvalue weighted by atomic mass is 9.94. The summed E-state index contributed by atoms with van der Waals surface area (Å²) in [4.78, 5) is 0. The van der Waals surface area contributed by atoms with Gasteiger partial charge in [0.2, 0.25) is 0 Å². The molecule has 1 nitrogen and oxygen atoms in total. The standard InChI is InChI=1S/C32H21F6OP/c1-18-12-19(2)14-25(13-18)40(39,26-16-23(31(33,34)35)15-24(17-26)32(36,37)38)28-11-9-22-7-6-20-4-3-5-21-8-10-27(28)30(22)29(20)21/h3-17H,1-2H3. The highest BCUT2D eigenvalue weighted by Gasteiger charge is 2.41. The van der Waals surface area contributed by atoms with Crippen molar-refractivity contribution in [2.24, 2.45) is 0 Å². The molecule has 0 aliphatic rings. The molecule has 6 rings (SSSR count). The van der Waals surface area contributed by atoms with Gasteiger partial charge in [-0.05, 0) is 82.6 Å². The van der Waals surface area contributed by atoms with E-state index >= 15 is 4.57 Å². The molecule has 40 heavy (non-hydrogen) atoms. The van der Waals surface area contributed by atoms with Crippen LogP contribution in [-0.2, 0) is 16.9 Å². The van der Waals surface area contributed by atoms with Gasteiger partial charge in [-0.25, -0.2) is 0 Å². The van der Waals surface area contributed by atoms with Crippen molar-refractivity contribution < 1.29 is 30.9 Å². The first kappa shape index (κ1) is 26.4. The molecule has 6 aromatic carbocycles. The van der Waals surface area contributed by atoms with Gasteiger partial charge in [-0.15, -0.1) is 0 Å².